The molecule has 1 heterocycles. The molecule has 2 heteroatoms. The molecule has 1 aliphatic rings. The van der Waals surface area contributed by atoms with Crippen molar-refractivity contribution in [2.24, 2.45) is 10.8 Å². The summed E-state index contributed by atoms with van der Waals surface area (Å²) in [7, 11) is 0. The van der Waals surface area contributed by atoms with E-state index >= 15 is 0 Å². The van der Waals surface area contributed by atoms with Crippen LogP contribution in [0.15, 0.2) is 16.8 Å². The lowest BCUT2D eigenvalue weighted by molar-refractivity contribution is 0.172. The van der Waals surface area contributed by atoms with Crippen molar-refractivity contribution < 1.29 is 5.11 Å². The molecule has 1 N–H and O–H groups in total. The van der Waals surface area contributed by atoms with Crippen LogP contribution in [0.25, 0.3) is 0 Å². The van der Waals surface area contributed by atoms with Crippen LogP contribution in [0, 0.1) is 10.8 Å². The third kappa shape index (κ3) is 1.61. The van der Waals surface area contributed by atoms with Gasteiger partial charge in [-0.05, 0) is 52.5 Å². The number of rotatable bonds is 4. The Balaban J connectivity index is 1.92. The Morgan fingerprint density at radius 2 is 2.21 bits per heavy atom. The van der Waals surface area contributed by atoms with E-state index in [1.54, 1.807) is 11.3 Å². The van der Waals surface area contributed by atoms with Crippen molar-refractivity contribution >= 4 is 11.3 Å². The fourth-order valence-corrected chi connectivity index (χ4v) is 3.10. The molecule has 0 aromatic carbocycles. The molecule has 1 atom stereocenters. The Hall–Kier alpha value is -0.340. The highest BCUT2D eigenvalue weighted by molar-refractivity contribution is 7.07. The molecular formula is C12H18OS. The van der Waals surface area contributed by atoms with Gasteiger partial charge in [0.2, 0.25) is 0 Å². The lowest BCUT2D eigenvalue weighted by Gasteiger charge is -2.16. The van der Waals surface area contributed by atoms with Crippen LogP contribution < -0.4 is 0 Å². The molecule has 14 heavy (non-hydrogen) atoms. The van der Waals surface area contributed by atoms with E-state index in [1.807, 2.05) is 0 Å². The second kappa shape index (κ2) is 3.35. The standard InChI is InChI=1S/C12H18OS/c1-11(2)8-12(11,9-13)5-3-10-4-6-14-7-10/h4,6-7,13H,3,5,8-9H2,1-2H3. The van der Waals surface area contributed by atoms with Gasteiger partial charge in [-0.2, -0.15) is 11.3 Å². The minimum Gasteiger partial charge on any atom is -0.396 e. The van der Waals surface area contributed by atoms with E-state index in [4.69, 9.17) is 0 Å². The maximum absolute atomic E-state index is 9.42. The molecule has 1 unspecified atom stereocenters. The summed E-state index contributed by atoms with van der Waals surface area (Å²) in [4.78, 5) is 0. The number of hydrogen-bond donors (Lipinski definition) is 1. The Morgan fingerprint density at radius 1 is 1.50 bits per heavy atom. The molecule has 0 aliphatic heterocycles. The Labute approximate surface area is 89.8 Å². The van der Waals surface area contributed by atoms with E-state index in [9.17, 15) is 5.11 Å². The first-order valence-electron chi connectivity index (χ1n) is 5.22. The molecule has 1 fully saturated rings. The molecule has 1 saturated carbocycles. The molecule has 1 aliphatic carbocycles. The van der Waals surface area contributed by atoms with Gasteiger partial charge in [-0.25, -0.2) is 0 Å². The maximum atomic E-state index is 9.42. The molecule has 1 nitrogen and oxygen atoms in total. The highest BCUT2D eigenvalue weighted by atomic mass is 32.1. The van der Waals surface area contributed by atoms with E-state index < -0.39 is 0 Å². The normalized spacial score (nSPS) is 29.1. The molecule has 0 saturated heterocycles. The number of hydrogen-bond acceptors (Lipinski definition) is 2. The van der Waals surface area contributed by atoms with Crippen molar-refractivity contribution in [2.75, 3.05) is 6.61 Å². The van der Waals surface area contributed by atoms with Crippen LogP contribution in [0.5, 0.6) is 0 Å². The summed E-state index contributed by atoms with van der Waals surface area (Å²) in [6.45, 7) is 4.87. The van der Waals surface area contributed by atoms with Crippen molar-refractivity contribution in [1.82, 2.24) is 0 Å². The smallest absolute Gasteiger partial charge is 0.0492 e. The zero-order valence-corrected chi connectivity index (χ0v) is 9.73. The van der Waals surface area contributed by atoms with Gasteiger partial charge in [0.25, 0.3) is 0 Å². The van der Waals surface area contributed by atoms with E-state index in [1.165, 1.54) is 12.0 Å². The first kappa shape index (κ1) is 10.2. The Bertz CT molecular complexity index is 302. The number of thiophene rings is 1. The lowest BCUT2D eigenvalue weighted by Crippen LogP contribution is -2.15. The molecule has 0 bridgehead atoms. The average Bonchev–Trinajstić information content (AvgIpc) is 2.56. The van der Waals surface area contributed by atoms with Gasteiger partial charge in [-0.3, -0.25) is 0 Å². The number of aliphatic hydroxyl groups is 1. The van der Waals surface area contributed by atoms with Crippen molar-refractivity contribution in [1.29, 1.82) is 0 Å². The highest BCUT2D eigenvalue weighted by Gasteiger charge is 2.59. The van der Waals surface area contributed by atoms with Gasteiger partial charge in [0, 0.05) is 6.61 Å². The van der Waals surface area contributed by atoms with Gasteiger partial charge >= 0.3 is 0 Å². The summed E-state index contributed by atoms with van der Waals surface area (Å²) >= 11 is 1.76. The Kier molecular flexibility index (Phi) is 2.44. The molecule has 0 amide bonds. The van der Waals surface area contributed by atoms with E-state index in [0.717, 1.165) is 12.8 Å². The Morgan fingerprint density at radius 3 is 2.64 bits per heavy atom. The number of aryl methyl sites for hydroxylation is 1. The molecule has 2 rings (SSSR count). The lowest BCUT2D eigenvalue weighted by atomic mass is 9.90. The third-order valence-corrected chi connectivity index (χ3v) is 4.60. The van der Waals surface area contributed by atoms with Crippen LogP contribution in [0.3, 0.4) is 0 Å². The predicted molar refractivity (Wildman–Crippen MR) is 60.6 cm³/mol. The summed E-state index contributed by atoms with van der Waals surface area (Å²) in [6.07, 6.45) is 3.43. The summed E-state index contributed by atoms with van der Waals surface area (Å²) in [6, 6.07) is 2.19. The zero-order valence-electron chi connectivity index (χ0n) is 8.92. The minimum absolute atomic E-state index is 0.217. The van der Waals surface area contributed by atoms with Gasteiger partial charge in [0.15, 0.2) is 0 Å². The second-order valence-electron chi connectivity index (χ2n) is 5.13. The van der Waals surface area contributed by atoms with E-state index in [0.29, 0.717) is 12.0 Å². The van der Waals surface area contributed by atoms with Crippen molar-refractivity contribution in [3.8, 4) is 0 Å². The van der Waals surface area contributed by atoms with Crippen molar-refractivity contribution in [3.63, 3.8) is 0 Å². The van der Waals surface area contributed by atoms with Crippen LogP contribution in [0.4, 0.5) is 0 Å². The third-order valence-electron chi connectivity index (χ3n) is 3.87. The summed E-state index contributed by atoms with van der Waals surface area (Å²) in [5, 5.41) is 13.8. The largest absolute Gasteiger partial charge is 0.396 e. The van der Waals surface area contributed by atoms with Crippen molar-refractivity contribution in [2.45, 2.75) is 33.1 Å². The monoisotopic (exact) mass is 210 g/mol. The summed E-state index contributed by atoms with van der Waals surface area (Å²) < 4.78 is 0. The fraction of sp³-hybridized carbons (Fsp3) is 0.667. The van der Waals surface area contributed by atoms with Gasteiger partial charge < -0.3 is 5.11 Å². The van der Waals surface area contributed by atoms with Crippen LogP contribution in [0.1, 0.15) is 32.3 Å². The van der Waals surface area contributed by atoms with Gasteiger partial charge in [-0.1, -0.05) is 13.8 Å². The van der Waals surface area contributed by atoms with Gasteiger partial charge in [-0.15, -0.1) is 0 Å². The summed E-state index contributed by atoms with van der Waals surface area (Å²) in [5.41, 5.74) is 2.00. The molecule has 1 aromatic heterocycles. The fourth-order valence-electron chi connectivity index (χ4n) is 2.40. The quantitative estimate of drug-likeness (QED) is 0.809. The predicted octanol–water partition coefficient (Wildman–Crippen LogP) is 3.09. The topological polar surface area (TPSA) is 20.2 Å². The molecule has 1 aromatic rings. The number of aliphatic hydroxyl groups excluding tert-OH is 1. The van der Waals surface area contributed by atoms with Crippen LogP contribution in [0.2, 0.25) is 0 Å². The SMILES string of the molecule is CC1(C)CC1(CO)CCc1ccsc1. The zero-order chi connectivity index (χ0) is 10.2. The highest BCUT2D eigenvalue weighted by Crippen LogP contribution is 2.65. The molecule has 0 radical (unpaired) electrons. The van der Waals surface area contributed by atoms with E-state index in [2.05, 4.69) is 30.7 Å². The average molecular weight is 210 g/mol. The molecule has 0 spiro atoms. The van der Waals surface area contributed by atoms with Crippen LogP contribution in [-0.2, 0) is 6.42 Å². The summed E-state index contributed by atoms with van der Waals surface area (Å²) in [5.74, 6) is 0. The van der Waals surface area contributed by atoms with Crippen molar-refractivity contribution in [3.05, 3.63) is 22.4 Å². The first-order chi connectivity index (χ1) is 6.60. The van der Waals surface area contributed by atoms with E-state index in [-0.39, 0.29) is 5.41 Å². The van der Waals surface area contributed by atoms with Crippen LogP contribution in [-0.4, -0.2) is 11.7 Å². The molecular weight excluding hydrogens is 192 g/mol. The van der Waals surface area contributed by atoms with Gasteiger partial charge in [0.1, 0.15) is 0 Å². The van der Waals surface area contributed by atoms with Crippen LogP contribution >= 0.6 is 11.3 Å². The maximum Gasteiger partial charge on any atom is 0.0492 e. The first-order valence-corrected chi connectivity index (χ1v) is 6.16. The van der Waals surface area contributed by atoms with Gasteiger partial charge in [0.05, 0.1) is 0 Å². The molecule has 78 valence electrons. The minimum atomic E-state index is 0.217. The second-order valence-corrected chi connectivity index (χ2v) is 5.91.